The maximum atomic E-state index is 12.7. The fourth-order valence-electron chi connectivity index (χ4n) is 3.88. The van der Waals surface area contributed by atoms with Crippen molar-refractivity contribution in [2.45, 2.75) is 56.9 Å². The number of benzene rings is 1. The van der Waals surface area contributed by atoms with E-state index in [0.29, 0.717) is 11.3 Å². The summed E-state index contributed by atoms with van der Waals surface area (Å²) in [4.78, 5) is 26.6. The van der Waals surface area contributed by atoms with Gasteiger partial charge in [0.15, 0.2) is 0 Å². The molecule has 0 radical (unpaired) electrons. The Hall–Kier alpha value is -2.08. The van der Waals surface area contributed by atoms with Crippen LogP contribution in [0.2, 0.25) is 0 Å². The van der Waals surface area contributed by atoms with Crippen molar-refractivity contribution in [3.8, 4) is 0 Å². The van der Waals surface area contributed by atoms with Crippen molar-refractivity contribution < 1.29 is 9.59 Å². The fraction of sp³-hybridized carbons (Fsp3) is 0.579. The van der Waals surface area contributed by atoms with Crippen molar-refractivity contribution >= 4 is 23.2 Å². The van der Waals surface area contributed by atoms with Gasteiger partial charge in [-0.3, -0.25) is 9.59 Å². The summed E-state index contributed by atoms with van der Waals surface area (Å²) in [5, 5.41) is 2.96. The molecule has 2 aliphatic rings. The van der Waals surface area contributed by atoms with E-state index in [0.717, 1.165) is 63.7 Å². The average Bonchev–Trinajstić information content (AvgIpc) is 2.63. The number of nitrogens with two attached hydrogens (primary N) is 2. The molecule has 1 aromatic carbocycles. The molecular formula is C19H28N4O2. The molecule has 6 nitrogen and oxygen atoms in total. The molecule has 1 heterocycles. The molecule has 1 saturated carbocycles. The molecule has 0 spiro atoms. The second-order valence-corrected chi connectivity index (χ2v) is 7.31. The quantitative estimate of drug-likeness (QED) is 0.780. The lowest BCUT2D eigenvalue weighted by atomic mass is 9.82. The summed E-state index contributed by atoms with van der Waals surface area (Å²) in [6.45, 7) is 1.80. The summed E-state index contributed by atoms with van der Waals surface area (Å²) in [5.74, 6) is -0.579. The van der Waals surface area contributed by atoms with Crippen molar-refractivity contribution in [3.05, 3.63) is 23.8 Å². The van der Waals surface area contributed by atoms with Gasteiger partial charge in [0.2, 0.25) is 5.91 Å². The first kappa shape index (κ1) is 17.7. The number of nitrogens with zero attached hydrogens (tertiary/aromatic N) is 1. The molecule has 1 aliphatic heterocycles. The lowest BCUT2D eigenvalue weighted by Gasteiger charge is -2.32. The number of nitrogens with one attached hydrogen (secondary N) is 1. The van der Waals surface area contributed by atoms with E-state index in [1.54, 1.807) is 12.1 Å². The van der Waals surface area contributed by atoms with Gasteiger partial charge in [0.25, 0.3) is 5.91 Å². The molecule has 136 valence electrons. The first-order valence-corrected chi connectivity index (χ1v) is 9.29. The molecule has 0 atom stereocenters. The van der Waals surface area contributed by atoms with E-state index in [-0.39, 0.29) is 5.91 Å². The molecule has 2 fully saturated rings. The average molecular weight is 344 g/mol. The summed E-state index contributed by atoms with van der Waals surface area (Å²) in [6.07, 6.45) is 7.95. The van der Waals surface area contributed by atoms with E-state index in [9.17, 15) is 9.59 Å². The summed E-state index contributed by atoms with van der Waals surface area (Å²) in [5.41, 5.74) is 13.0. The number of rotatable bonds is 4. The Balaban J connectivity index is 1.82. The predicted octanol–water partition coefficient (Wildman–Crippen LogP) is 2.38. The van der Waals surface area contributed by atoms with Gasteiger partial charge < -0.3 is 21.7 Å². The number of anilines is 2. The smallest absolute Gasteiger partial charge is 0.250 e. The van der Waals surface area contributed by atoms with Crippen LogP contribution in [0.25, 0.3) is 0 Å². The van der Waals surface area contributed by atoms with Gasteiger partial charge in [0.1, 0.15) is 0 Å². The first-order valence-electron chi connectivity index (χ1n) is 9.29. The van der Waals surface area contributed by atoms with Crippen molar-refractivity contribution in [2.75, 3.05) is 23.3 Å². The van der Waals surface area contributed by atoms with Crippen LogP contribution in [0.3, 0.4) is 0 Å². The molecule has 2 amide bonds. The van der Waals surface area contributed by atoms with Gasteiger partial charge in [-0.05, 0) is 50.3 Å². The molecule has 25 heavy (non-hydrogen) atoms. The van der Waals surface area contributed by atoms with Crippen LogP contribution >= 0.6 is 0 Å². The van der Waals surface area contributed by atoms with Gasteiger partial charge in [-0.15, -0.1) is 0 Å². The summed E-state index contributed by atoms with van der Waals surface area (Å²) >= 11 is 0. The normalized spacial score (nSPS) is 20.1. The van der Waals surface area contributed by atoms with Gasteiger partial charge in [-0.25, -0.2) is 0 Å². The van der Waals surface area contributed by atoms with Crippen molar-refractivity contribution in [2.24, 2.45) is 11.5 Å². The largest absolute Gasteiger partial charge is 0.371 e. The first-order chi connectivity index (χ1) is 12.0. The zero-order valence-electron chi connectivity index (χ0n) is 14.7. The van der Waals surface area contributed by atoms with Crippen LogP contribution < -0.4 is 21.7 Å². The van der Waals surface area contributed by atoms with E-state index in [1.807, 2.05) is 6.07 Å². The van der Waals surface area contributed by atoms with Crippen molar-refractivity contribution in [1.29, 1.82) is 0 Å². The van der Waals surface area contributed by atoms with Crippen LogP contribution in [0.1, 0.15) is 61.7 Å². The van der Waals surface area contributed by atoms with Crippen LogP contribution in [0.15, 0.2) is 18.2 Å². The third kappa shape index (κ3) is 3.95. The van der Waals surface area contributed by atoms with Crippen LogP contribution in [-0.2, 0) is 4.79 Å². The predicted molar refractivity (Wildman–Crippen MR) is 99.7 cm³/mol. The molecule has 0 unspecified atom stereocenters. The SMILES string of the molecule is NC(=O)c1ccc(NC(=O)C2(N)CCCCC2)cc1N1CCCCC1. The number of hydrogen-bond acceptors (Lipinski definition) is 4. The van der Waals surface area contributed by atoms with Crippen LogP contribution in [0.4, 0.5) is 11.4 Å². The summed E-state index contributed by atoms with van der Waals surface area (Å²) in [6, 6.07) is 5.29. The van der Waals surface area contributed by atoms with Gasteiger partial charge in [0.05, 0.1) is 16.8 Å². The van der Waals surface area contributed by atoms with E-state index in [1.165, 1.54) is 6.42 Å². The summed E-state index contributed by atoms with van der Waals surface area (Å²) in [7, 11) is 0. The molecule has 1 aliphatic carbocycles. The minimum absolute atomic E-state index is 0.136. The molecule has 5 N–H and O–H groups in total. The molecule has 1 aromatic rings. The Kier molecular flexibility index (Phi) is 5.27. The molecule has 1 saturated heterocycles. The number of amides is 2. The van der Waals surface area contributed by atoms with Gasteiger partial charge in [-0.1, -0.05) is 19.3 Å². The molecule has 3 rings (SSSR count). The van der Waals surface area contributed by atoms with Crippen molar-refractivity contribution in [1.82, 2.24) is 0 Å². The van der Waals surface area contributed by atoms with Gasteiger partial charge >= 0.3 is 0 Å². The molecule has 0 bridgehead atoms. The van der Waals surface area contributed by atoms with E-state index in [4.69, 9.17) is 11.5 Å². The molecule has 0 aromatic heterocycles. The molecule has 6 heteroatoms. The van der Waals surface area contributed by atoms with E-state index in [2.05, 4.69) is 10.2 Å². The van der Waals surface area contributed by atoms with E-state index < -0.39 is 11.4 Å². The maximum absolute atomic E-state index is 12.7. The number of carbonyl (C=O) groups is 2. The minimum Gasteiger partial charge on any atom is -0.371 e. The third-order valence-electron chi connectivity index (χ3n) is 5.42. The monoisotopic (exact) mass is 344 g/mol. The topological polar surface area (TPSA) is 101 Å². The highest BCUT2D eigenvalue weighted by Gasteiger charge is 2.35. The summed E-state index contributed by atoms with van der Waals surface area (Å²) < 4.78 is 0. The highest BCUT2D eigenvalue weighted by molar-refractivity contribution is 6.02. The van der Waals surface area contributed by atoms with Gasteiger partial charge in [-0.2, -0.15) is 0 Å². The Morgan fingerprint density at radius 1 is 1.00 bits per heavy atom. The number of primary amides is 1. The minimum atomic E-state index is -0.786. The lowest BCUT2D eigenvalue weighted by molar-refractivity contribution is -0.122. The second-order valence-electron chi connectivity index (χ2n) is 7.31. The van der Waals surface area contributed by atoms with Crippen LogP contribution in [-0.4, -0.2) is 30.4 Å². The molecular weight excluding hydrogens is 316 g/mol. The highest BCUT2D eigenvalue weighted by Crippen LogP contribution is 2.30. The number of carbonyl (C=O) groups excluding carboxylic acids is 2. The van der Waals surface area contributed by atoms with E-state index >= 15 is 0 Å². The number of piperidine rings is 1. The standard InChI is InChI=1S/C19H28N4O2/c20-17(24)15-8-7-14(13-16(15)23-11-5-2-6-12-23)22-18(25)19(21)9-3-1-4-10-19/h7-8,13H,1-6,9-12,21H2,(H2,20,24)(H,22,25). The lowest BCUT2D eigenvalue weighted by Crippen LogP contribution is -2.52. The Morgan fingerprint density at radius 3 is 2.28 bits per heavy atom. The zero-order chi connectivity index (χ0) is 17.9. The third-order valence-corrected chi connectivity index (χ3v) is 5.42. The van der Waals surface area contributed by atoms with Gasteiger partial charge in [0, 0.05) is 18.8 Å². The highest BCUT2D eigenvalue weighted by atomic mass is 16.2. The maximum Gasteiger partial charge on any atom is 0.250 e. The van der Waals surface area contributed by atoms with Crippen molar-refractivity contribution in [3.63, 3.8) is 0 Å². The second kappa shape index (κ2) is 7.44. The Bertz CT molecular complexity index is 647. The zero-order valence-corrected chi connectivity index (χ0v) is 14.7. The Morgan fingerprint density at radius 2 is 1.64 bits per heavy atom. The van der Waals surface area contributed by atoms with Crippen LogP contribution in [0.5, 0.6) is 0 Å². The Labute approximate surface area is 148 Å². The number of hydrogen-bond donors (Lipinski definition) is 3. The fourth-order valence-corrected chi connectivity index (χ4v) is 3.88. The van der Waals surface area contributed by atoms with Crippen LogP contribution in [0, 0.1) is 0 Å².